The number of pyridine rings is 1. The van der Waals surface area contributed by atoms with Crippen LogP contribution in [0.15, 0.2) is 39.8 Å². The molecular weight excluding hydrogens is 338 g/mol. The lowest BCUT2D eigenvalue weighted by Crippen LogP contribution is -2.33. The minimum absolute atomic E-state index is 0.585. The first-order chi connectivity index (χ1) is 9.52. The maximum Gasteiger partial charge on any atom is 0.320 e. The van der Waals surface area contributed by atoms with Crippen molar-refractivity contribution in [3.8, 4) is 0 Å². The number of carboxylic acids is 1. The Hall–Kier alpha value is -1.07. The molecule has 0 amide bonds. The highest BCUT2D eigenvalue weighted by molar-refractivity contribution is 9.10. The highest BCUT2D eigenvalue weighted by Crippen LogP contribution is 2.41. The van der Waals surface area contributed by atoms with Gasteiger partial charge in [0.15, 0.2) is 0 Å². The first kappa shape index (κ1) is 15.3. The molecule has 106 valence electrons. The highest BCUT2D eigenvalue weighted by Gasteiger charge is 2.36. The molecule has 1 heterocycles. The Balaban J connectivity index is 2.52. The zero-order valence-corrected chi connectivity index (χ0v) is 13.8. The second kappa shape index (κ2) is 6.14. The van der Waals surface area contributed by atoms with Crippen LogP contribution in [0.3, 0.4) is 0 Å². The van der Waals surface area contributed by atoms with Crippen LogP contribution in [-0.4, -0.2) is 20.8 Å². The molecule has 0 fully saturated rings. The van der Waals surface area contributed by atoms with Crippen LogP contribution in [0.25, 0.3) is 10.9 Å². The van der Waals surface area contributed by atoms with Gasteiger partial charge in [-0.1, -0.05) is 29.8 Å². The number of rotatable bonds is 5. The zero-order chi connectivity index (χ0) is 14.8. The fourth-order valence-corrected chi connectivity index (χ4v) is 3.69. The number of hydrogen-bond acceptors (Lipinski definition) is 3. The largest absolute Gasteiger partial charge is 0.480 e. The van der Waals surface area contributed by atoms with Crippen LogP contribution in [0.1, 0.15) is 26.7 Å². The van der Waals surface area contributed by atoms with Gasteiger partial charge in [-0.25, -0.2) is 0 Å². The summed E-state index contributed by atoms with van der Waals surface area (Å²) < 4.78 is 0.185. The minimum atomic E-state index is -0.781. The second-order valence-corrected chi connectivity index (χ2v) is 6.92. The molecule has 1 N–H and O–H groups in total. The normalized spacial score (nSPS) is 11.8. The van der Waals surface area contributed by atoms with Crippen molar-refractivity contribution in [3.05, 3.63) is 34.9 Å². The number of carbonyl (C=O) groups is 1. The summed E-state index contributed by atoms with van der Waals surface area (Å²) in [7, 11) is 0. The van der Waals surface area contributed by atoms with Gasteiger partial charge in [-0.05, 0) is 37.1 Å². The van der Waals surface area contributed by atoms with Gasteiger partial charge in [0.25, 0.3) is 0 Å². The summed E-state index contributed by atoms with van der Waals surface area (Å²) in [5, 5.41) is 10.6. The summed E-state index contributed by atoms with van der Waals surface area (Å²) in [4.78, 5) is 16.9. The lowest BCUT2D eigenvalue weighted by Gasteiger charge is -2.26. The quantitative estimate of drug-likeness (QED) is 0.789. The van der Waals surface area contributed by atoms with Crippen molar-refractivity contribution in [3.63, 3.8) is 0 Å². The molecule has 0 aliphatic heterocycles. The second-order valence-electron chi connectivity index (χ2n) is 4.58. The van der Waals surface area contributed by atoms with E-state index in [9.17, 15) is 9.90 Å². The predicted octanol–water partition coefficient (Wildman–Crippen LogP) is 4.73. The molecule has 0 bridgehead atoms. The average molecular weight is 354 g/mol. The summed E-state index contributed by atoms with van der Waals surface area (Å²) in [6, 6.07) is 7.75. The van der Waals surface area contributed by atoms with Crippen LogP contribution in [0.5, 0.6) is 0 Å². The standard InChI is InChI=1S/C15H16BrNO2S/c1-3-15(4-2,14(18)19)20-13-7-8-17-12-6-5-10(16)9-11(12)13/h5-9H,3-4H2,1-2H3,(H,18,19). The van der Waals surface area contributed by atoms with Crippen molar-refractivity contribution < 1.29 is 9.90 Å². The zero-order valence-electron chi connectivity index (χ0n) is 11.4. The Morgan fingerprint density at radius 2 is 2.05 bits per heavy atom. The van der Waals surface area contributed by atoms with Gasteiger partial charge in [0.2, 0.25) is 0 Å². The molecule has 1 aromatic heterocycles. The van der Waals surface area contributed by atoms with Crippen molar-refractivity contribution in [2.75, 3.05) is 0 Å². The number of halogens is 1. The molecule has 2 rings (SSSR count). The molecule has 0 saturated carbocycles. The predicted molar refractivity (Wildman–Crippen MR) is 86.2 cm³/mol. The van der Waals surface area contributed by atoms with Gasteiger partial charge in [-0.2, -0.15) is 0 Å². The monoisotopic (exact) mass is 353 g/mol. The van der Waals surface area contributed by atoms with E-state index in [1.54, 1.807) is 6.20 Å². The van der Waals surface area contributed by atoms with Gasteiger partial charge in [0.05, 0.1) is 5.52 Å². The fraction of sp³-hybridized carbons (Fsp3) is 0.333. The van der Waals surface area contributed by atoms with E-state index in [-0.39, 0.29) is 0 Å². The van der Waals surface area contributed by atoms with Crippen molar-refractivity contribution in [1.82, 2.24) is 4.98 Å². The molecule has 2 aromatic rings. The summed E-state index contributed by atoms with van der Waals surface area (Å²) in [6.45, 7) is 3.84. The number of benzene rings is 1. The fourth-order valence-electron chi connectivity index (χ4n) is 2.13. The van der Waals surface area contributed by atoms with Gasteiger partial charge >= 0.3 is 5.97 Å². The molecule has 0 aliphatic carbocycles. The van der Waals surface area contributed by atoms with Crippen molar-refractivity contribution in [2.24, 2.45) is 0 Å². The SMILES string of the molecule is CCC(CC)(Sc1ccnc2ccc(Br)cc12)C(=O)O. The summed E-state index contributed by atoms with van der Waals surface area (Å²) >= 11 is 4.88. The van der Waals surface area contributed by atoms with Gasteiger partial charge in [0.1, 0.15) is 4.75 Å². The third kappa shape index (κ3) is 2.83. The number of carboxylic acid groups (broad SMARTS) is 1. The van der Waals surface area contributed by atoms with Crippen molar-refractivity contribution in [1.29, 1.82) is 0 Å². The molecule has 0 unspecified atom stereocenters. The van der Waals surface area contributed by atoms with E-state index in [1.165, 1.54) is 11.8 Å². The van der Waals surface area contributed by atoms with Crippen LogP contribution < -0.4 is 0 Å². The number of fused-ring (bicyclic) bond motifs is 1. The van der Waals surface area contributed by atoms with E-state index in [2.05, 4.69) is 20.9 Å². The maximum atomic E-state index is 11.6. The van der Waals surface area contributed by atoms with Crippen LogP contribution in [0.2, 0.25) is 0 Å². The molecule has 1 aromatic carbocycles. The molecule has 5 heteroatoms. The lowest BCUT2D eigenvalue weighted by atomic mass is 10.0. The Morgan fingerprint density at radius 1 is 1.35 bits per heavy atom. The minimum Gasteiger partial charge on any atom is -0.480 e. The summed E-state index contributed by atoms with van der Waals surface area (Å²) in [5.41, 5.74) is 0.879. The smallest absolute Gasteiger partial charge is 0.320 e. The third-order valence-electron chi connectivity index (χ3n) is 3.50. The Kier molecular flexibility index (Phi) is 4.70. The molecular formula is C15H16BrNO2S. The maximum absolute atomic E-state index is 11.6. The van der Waals surface area contributed by atoms with E-state index in [1.807, 2.05) is 38.1 Å². The van der Waals surface area contributed by atoms with Gasteiger partial charge in [-0.15, -0.1) is 11.8 Å². The van der Waals surface area contributed by atoms with E-state index in [0.29, 0.717) is 12.8 Å². The van der Waals surface area contributed by atoms with Crippen molar-refractivity contribution in [2.45, 2.75) is 36.3 Å². The Labute approximate surface area is 130 Å². The average Bonchev–Trinajstić information content (AvgIpc) is 2.45. The van der Waals surface area contributed by atoms with Crippen LogP contribution >= 0.6 is 27.7 Å². The molecule has 3 nitrogen and oxygen atoms in total. The molecule has 20 heavy (non-hydrogen) atoms. The molecule has 0 atom stereocenters. The molecule has 0 spiro atoms. The van der Waals surface area contributed by atoms with Gasteiger partial charge in [0, 0.05) is 21.0 Å². The van der Waals surface area contributed by atoms with E-state index in [4.69, 9.17) is 0 Å². The topological polar surface area (TPSA) is 50.2 Å². The van der Waals surface area contributed by atoms with E-state index >= 15 is 0 Å². The molecule has 0 aliphatic rings. The lowest BCUT2D eigenvalue weighted by molar-refractivity contribution is -0.140. The summed E-state index contributed by atoms with van der Waals surface area (Å²) in [5.74, 6) is -0.757. The third-order valence-corrected chi connectivity index (χ3v) is 5.71. The Bertz CT molecular complexity index is 641. The Morgan fingerprint density at radius 3 is 2.65 bits per heavy atom. The number of aromatic nitrogens is 1. The number of thioether (sulfide) groups is 1. The number of hydrogen-bond donors (Lipinski definition) is 1. The van der Waals surface area contributed by atoms with Crippen LogP contribution in [0.4, 0.5) is 0 Å². The highest BCUT2D eigenvalue weighted by atomic mass is 79.9. The van der Waals surface area contributed by atoms with E-state index < -0.39 is 10.7 Å². The van der Waals surface area contributed by atoms with Crippen molar-refractivity contribution >= 4 is 44.6 Å². The van der Waals surface area contributed by atoms with Gasteiger partial charge in [-0.3, -0.25) is 9.78 Å². The number of aliphatic carboxylic acids is 1. The summed E-state index contributed by atoms with van der Waals surface area (Å²) in [6.07, 6.45) is 2.90. The van der Waals surface area contributed by atoms with Crippen LogP contribution in [0, 0.1) is 0 Å². The molecule has 0 saturated heterocycles. The first-order valence-corrected chi connectivity index (χ1v) is 8.10. The number of nitrogens with zero attached hydrogens (tertiary/aromatic N) is 1. The van der Waals surface area contributed by atoms with Crippen LogP contribution in [-0.2, 0) is 4.79 Å². The van der Waals surface area contributed by atoms with E-state index in [0.717, 1.165) is 20.3 Å². The first-order valence-electron chi connectivity index (χ1n) is 6.49. The van der Waals surface area contributed by atoms with Gasteiger partial charge < -0.3 is 5.11 Å². The molecule has 0 radical (unpaired) electrons.